The summed E-state index contributed by atoms with van der Waals surface area (Å²) in [4.78, 5) is 19.8. The molecule has 0 N–H and O–H groups in total. The summed E-state index contributed by atoms with van der Waals surface area (Å²) in [6, 6.07) is 25.5. The molecule has 3 aromatic carbocycles. The Morgan fingerprint density at radius 3 is 2.53 bits per heavy atom. The summed E-state index contributed by atoms with van der Waals surface area (Å²) in [5, 5.41) is 0. The number of aryl methyl sites for hydroxylation is 1. The number of benzene rings is 3. The number of para-hydroxylation sites is 2. The maximum Gasteiger partial charge on any atom is 0.272 e. The van der Waals surface area contributed by atoms with Crippen molar-refractivity contribution < 1.29 is 14.3 Å². The molecule has 32 heavy (non-hydrogen) atoms. The predicted octanol–water partition coefficient (Wildman–Crippen LogP) is 4.46. The Kier molecular flexibility index (Phi) is 5.34. The van der Waals surface area contributed by atoms with Crippen LogP contribution >= 0.6 is 0 Å². The van der Waals surface area contributed by atoms with Crippen molar-refractivity contribution in [1.29, 1.82) is 0 Å². The zero-order valence-electron chi connectivity index (χ0n) is 17.7. The van der Waals surface area contributed by atoms with Gasteiger partial charge in [0.05, 0.1) is 6.54 Å². The summed E-state index contributed by atoms with van der Waals surface area (Å²) in [5.74, 6) is 1.83. The van der Waals surface area contributed by atoms with E-state index in [0.717, 1.165) is 22.6 Å². The first-order valence-electron chi connectivity index (χ1n) is 10.5. The fourth-order valence-electron chi connectivity index (χ4n) is 3.79. The van der Waals surface area contributed by atoms with Crippen LogP contribution in [0.3, 0.4) is 0 Å². The lowest BCUT2D eigenvalue weighted by molar-refractivity contribution is -0.127. The maximum atomic E-state index is 13.7. The smallest absolute Gasteiger partial charge is 0.272 e. The minimum absolute atomic E-state index is 0.158. The molecule has 6 nitrogen and oxygen atoms in total. The minimum Gasteiger partial charge on any atom is -0.485 e. The molecule has 1 unspecified atom stereocenters. The third kappa shape index (κ3) is 3.95. The average Bonchev–Trinajstić information content (AvgIpc) is 3.26. The summed E-state index contributed by atoms with van der Waals surface area (Å²) in [7, 11) is 1.92. The Balaban J connectivity index is 1.49. The van der Waals surface area contributed by atoms with E-state index in [1.165, 1.54) is 0 Å². The Bertz CT molecular complexity index is 1240. The number of fused-ring (bicyclic) bond motifs is 1. The van der Waals surface area contributed by atoms with Gasteiger partial charge >= 0.3 is 0 Å². The Hall–Kier alpha value is -4.06. The highest BCUT2D eigenvalue weighted by Gasteiger charge is 2.32. The standard InChI is InChI=1S/C26H23N3O3/c1-28-15-14-27-25(28)17-29(21-11-7-10-20(16-21)19-8-3-2-4-9-19)26(30)24-18-31-22-12-5-6-13-23(22)32-24/h2-16,24H,17-18H2,1H3. The quantitative estimate of drug-likeness (QED) is 0.474. The van der Waals surface area contributed by atoms with Gasteiger partial charge in [-0.3, -0.25) is 4.79 Å². The van der Waals surface area contributed by atoms with Crippen LogP contribution in [0.2, 0.25) is 0 Å². The van der Waals surface area contributed by atoms with Crippen LogP contribution in [0.4, 0.5) is 5.69 Å². The fraction of sp³-hybridized carbons (Fsp3) is 0.154. The highest BCUT2D eigenvalue weighted by molar-refractivity contribution is 5.97. The van der Waals surface area contributed by atoms with Crippen LogP contribution in [0, 0.1) is 0 Å². The first-order chi connectivity index (χ1) is 15.7. The van der Waals surface area contributed by atoms with E-state index in [9.17, 15) is 4.79 Å². The molecule has 0 spiro atoms. The van der Waals surface area contributed by atoms with E-state index in [0.29, 0.717) is 18.0 Å². The van der Waals surface area contributed by atoms with Crippen LogP contribution < -0.4 is 14.4 Å². The van der Waals surface area contributed by atoms with E-state index in [-0.39, 0.29) is 12.5 Å². The molecule has 0 fully saturated rings. The molecule has 0 saturated carbocycles. The number of amides is 1. The molecule has 0 saturated heterocycles. The summed E-state index contributed by atoms with van der Waals surface area (Å²) in [6.07, 6.45) is 2.86. The Labute approximate surface area is 186 Å². The third-order valence-electron chi connectivity index (χ3n) is 5.54. The number of aromatic nitrogens is 2. The lowest BCUT2D eigenvalue weighted by Crippen LogP contribution is -2.46. The minimum atomic E-state index is -0.745. The van der Waals surface area contributed by atoms with E-state index in [1.807, 2.05) is 84.5 Å². The number of carbonyl (C=O) groups is 1. The fourth-order valence-corrected chi connectivity index (χ4v) is 3.79. The van der Waals surface area contributed by atoms with Crippen LogP contribution in [-0.2, 0) is 18.4 Å². The molecule has 0 aliphatic carbocycles. The van der Waals surface area contributed by atoms with Crippen LogP contribution in [0.1, 0.15) is 5.82 Å². The Morgan fingerprint density at radius 1 is 1.00 bits per heavy atom. The van der Waals surface area contributed by atoms with Gasteiger partial charge in [0.1, 0.15) is 12.4 Å². The predicted molar refractivity (Wildman–Crippen MR) is 123 cm³/mol. The number of rotatable bonds is 5. The lowest BCUT2D eigenvalue weighted by atomic mass is 10.0. The van der Waals surface area contributed by atoms with Crippen LogP contribution in [-0.4, -0.2) is 28.2 Å². The molecule has 1 atom stereocenters. The van der Waals surface area contributed by atoms with Crippen molar-refractivity contribution in [3.63, 3.8) is 0 Å². The number of ether oxygens (including phenoxy) is 2. The van der Waals surface area contributed by atoms with E-state index in [2.05, 4.69) is 17.1 Å². The molecule has 5 rings (SSSR count). The summed E-state index contributed by atoms with van der Waals surface area (Å²) >= 11 is 0. The second kappa shape index (κ2) is 8.59. The van der Waals surface area contributed by atoms with Crippen molar-refractivity contribution in [3.8, 4) is 22.6 Å². The van der Waals surface area contributed by atoms with Gasteiger partial charge in [-0.2, -0.15) is 0 Å². The van der Waals surface area contributed by atoms with Crippen molar-refractivity contribution in [2.45, 2.75) is 12.6 Å². The van der Waals surface area contributed by atoms with E-state index in [4.69, 9.17) is 9.47 Å². The van der Waals surface area contributed by atoms with Gasteiger partial charge in [0.2, 0.25) is 6.10 Å². The number of hydrogen-bond acceptors (Lipinski definition) is 4. The molecule has 1 aliphatic rings. The van der Waals surface area contributed by atoms with Gasteiger partial charge in [-0.1, -0.05) is 54.6 Å². The lowest BCUT2D eigenvalue weighted by Gasteiger charge is -2.31. The molecule has 2 heterocycles. The molecule has 0 bridgehead atoms. The maximum absolute atomic E-state index is 13.7. The zero-order valence-corrected chi connectivity index (χ0v) is 17.7. The highest BCUT2D eigenvalue weighted by Crippen LogP contribution is 2.32. The third-order valence-corrected chi connectivity index (χ3v) is 5.54. The molecule has 1 aliphatic heterocycles. The van der Waals surface area contributed by atoms with Gasteiger partial charge in [0, 0.05) is 25.1 Å². The first kappa shape index (κ1) is 19.9. The van der Waals surface area contributed by atoms with Gasteiger partial charge < -0.3 is 18.9 Å². The monoisotopic (exact) mass is 425 g/mol. The van der Waals surface area contributed by atoms with Crippen molar-refractivity contribution in [3.05, 3.63) is 97.1 Å². The Morgan fingerprint density at radius 2 is 1.75 bits per heavy atom. The highest BCUT2D eigenvalue weighted by atomic mass is 16.6. The molecule has 160 valence electrons. The topological polar surface area (TPSA) is 56.6 Å². The van der Waals surface area contributed by atoms with Crippen LogP contribution in [0.25, 0.3) is 11.1 Å². The number of hydrogen-bond donors (Lipinski definition) is 0. The van der Waals surface area contributed by atoms with Crippen LogP contribution in [0.15, 0.2) is 91.3 Å². The number of anilines is 1. The molecule has 6 heteroatoms. The molecule has 4 aromatic rings. The van der Waals surface area contributed by atoms with E-state index < -0.39 is 6.10 Å². The number of carbonyl (C=O) groups excluding carboxylic acids is 1. The molecule has 1 aromatic heterocycles. The van der Waals surface area contributed by atoms with Gasteiger partial charge in [0.25, 0.3) is 5.91 Å². The van der Waals surface area contributed by atoms with Gasteiger partial charge in [-0.05, 0) is 35.4 Å². The summed E-state index contributed by atoms with van der Waals surface area (Å²) in [5.41, 5.74) is 2.90. The van der Waals surface area contributed by atoms with Crippen molar-refractivity contribution in [1.82, 2.24) is 9.55 Å². The molecular formula is C26H23N3O3. The molecular weight excluding hydrogens is 402 g/mol. The number of nitrogens with zero attached hydrogens (tertiary/aromatic N) is 3. The van der Waals surface area contributed by atoms with Crippen molar-refractivity contribution >= 4 is 11.6 Å². The zero-order chi connectivity index (χ0) is 21.9. The number of imidazole rings is 1. The average molecular weight is 425 g/mol. The SMILES string of the molecule is Cn1ccnc1CN(C(=O)C1COc2ccccc2O1)c1cccc(-c2ccccc2)c1. The van der Waals surface area contributed by atoms with E-state index >= 15 is 0 Å². The van der Waals surface area contributed by atoms with Gasteiger partial charge in [0.15, 0.2) is 11.5 Å². The van der Waals surface area contributed by atoms with Crippen molar-refractivity contribution in [2.75, 3.05) is 11.5 Å². The van der Waals surface area contributed by atoms with Crippen molar-refractivity contribution in [2.24, 2.45) is 7.05 Å². The second-order valence-corrected chi connectivity index (χ2v) is 7.66. The summed E-state index contributed by atoms with van der Waals surface area (Å²) in [6.45, 7) is 0.480. The van der Waals surface area contributed by atoms with Gasteiger partial charge in [-0.25, -0.2) is 4.98 Å². The van der Waals surface area contributed by atoms with Gasteiger partial charge in [-0.15, -0.1) is 0 Å². The normalized spacial score (nSPS) is 14.7. The molecule has 0 radical (unpaired) electrons. The van der Waals surface area contributed by atoms with E-state index in [1.54, 1.807) is 11.1 Å². The van der Waals surface area contributed by atoms with Crippen LogP contribution in [0.5, 0.6) is 11.5 Å². The molecule has 1 amide bonds. The second-order valence-electron chi connectivity index (χ2n) is 7.66. The summed E-state index contributed by atoms with van der Waals surface area (Å²) < 4.78 is 13.7. The first-order valence-corrected chi connectivity index (χ1v) is 10.5. The largest absolute Gasteiger partial charge is 0.485 e.